The molecule has 0 radical (unpaired) electrons. The van der Waals surface area contributed by atoms with Gasteiger partial charge in [0.15, 0.2) is 0 Å². The van der Waals surface area contributed by atoms with Gasteiger partial charge in [0.2, 0.25) is 0 Å². The van der Waals surface area contributed by atoms with E-state index in [4.69, 9.17) is 5.26 Å². The van der Waals surface area contributed by atoms with Gasteiger partial charge in [-0.15, -0.1) is 0 Å². The van der Waals surface area contributed by atoms with Gasteiger partial charge in [0, 0.05) is 23.3 Å². The molecule has 33 heavy (non-hydrogen) atoms. The third-order valence-electron chi connectivity index (χ3n) is 5.59. The average Bonchev–Trinajstić information content (AvgIpc) is 3.58. The average molecular weight is 434 g/mol. The summed E-state index contributed by atoms with van der Waals surface area (Å²) in [6.07, 6.45) is 6.48. The molecule has 0 amide bonds. The van der Waals surface area contributed by atoms with Crippen molar-refractivity contribution in [3.05, 3.63) is 90.4 Å². The number of fused-ring (bicyclic) bond motifs is 2. The summed E-state index contributed by atoms with van der Waals surface area (Å²) in [4.78, 5) is 4.31. The van der Waals surface area contributed by atoms with Crippen LogP contribution < -0.4 is 0 Å². The van der Waals surface area contributed by atoms with E-state index in [-0.39, 0.29) is 5.82 Å². The second kappa shape index (κ2) is 7.39. The van der Waals surface area contributed by atoms with Crippen molar-refractivity contribution < 1.29 is 4.39 Å². The molecule has 0 aliphatic rings. The van der Waals surface area contributed by atoms with Crippen LogP contribution in [-0.2, 0) is 6.54 Å². The van der Waals surface area contributed by atoms with E-state index in [9.17, 15) is 0 Å². The smallest absolute Gasteiger partial charge is 0.134 e. The fourth-order valence-corrected chi connectivity index (χ4v) is 3.94. The molecule has 0 fully saturated rings. The maximum Gasteiger partial charge on any atom is 0.134 e. The Hall–Kier alpha value is -4.84. The summed E-state index contributed by atoms with van der Waals surface area (Å²) in [5.41, 5.74) is 4.99. The number of hydrogen-bond donors (Lipinski definition) is 1. The summed E-state index contributed by atoms with van der Waals surface area (Å²) in [5.74, 6) is -0.361. The highest BCUT2D eigenvalue weighted by molar-refractivity contribution is 5.87. The number of halogens is 1. The first-order valence-electron chi connectivity index (χ1n) is 10.2. The van der Waals surface area contributed by atoms with Crippen LogP contribution in [0.1, 0.15) is 11.3 Å². The summed E-state index contributed by atoms with van der Waals surface area (Å²) in [6, 6.07) is 16.6. The van der Waals surface area contributed by atoms with Crippen molar-refractivity contribution in [2.75, 3.05) is 0 Å². The Morgan fingerprint density at radius 3 is 2.79 bits per heavy atom. The van der Waals surface area contributed by atoms with Gasteiger partial charge in [0.1, 0.15) is 11.9 Å². The van der Waals surface area contributed by atoms with Gasteiger partial charge in [-0.25, -0.2) is 9.07 Å². The molecule has 0 bridgehead atoms. The molecule has 6 rings (SSSR count). The maximum absolute atomic E-state index is 15.1. The van der Waals surface area contributed by atoms with E-state index in [1.165, 1.54) is 18.5 Å². The van der Waals surface area contributed by atoms with E-state index in [1.54, 1.807) is 33.9 Å². The Labute approximate surface area is 186 Å². The van der Waals surface area contributed by atoms with Gasteiger partial charge in [-0.05, 0) is 48.5 Å². The molecular formula is C24H15FN8. The largest absolute Gasteiger partial charge is 0.278 e. The van der Waals surface area contributed by atoms with Crippen LogP contribution in [0.2, 0.25) is 0 Å². The molecule has 0 unspecified atom stereocenters. The summed E-state index contributed by atoms with van der Waals surface area (Å²) in [6.45, 7) is 0.392. The summed E-state index contributed by atoms with van der Waals surface area (Å²) < 4.78 is 18.5. The van der Waals surface area contributed by atoms with Gasteiger partial charge in [-0.2, -0.15) is 20.6 Å². The molecule has 0 saturated heterocycles. The van der Waals surface area contributed by atoms with Crippen molar-refractivity contribution in [2.45, 2.75) is 6.54 Å². The van der Waals surface area contributed by atoms with Gasteiger partial charge in [0.05, 0.1) is 58.0 Å². The normalized spacial score (nSPS) is 11.3. The van der Waals surface area contributed by atoms with Gasteiger partial charge in [0.25, 0.3) is 0 Å². The lowest BCUT2D eigenvalue weighted by Gasteiger charge is -2.10. The highest BCUT2D eigenvalue weighted by Crippen LogP contribution is 2.29. The number of rotatable bonds is 4. The second-order valence-electron chi connectivity index (χ2n) is 7.61. The van der Waals surface area contributed by atoms with Crippen LogP contribution in [0.25, 0.3) is 38.8 Å². The zero-order valence-corrected chi connectivity index (χ0v) is 17.1. The molecule has 0 saturated carbocycles. The Balaban J connectivity index is 1.43. The topological polar surface area (TPSA) is 101 Å². The lowest BCUT2D eigenvalue weighted by molar-refractivity contribution is 0.639. The van der Waals surface area contributed by atoms with Crippen LogP contribution in [-0.4, -0.2) is 34.7 Å². The number of nitrogens with zero attached hydrogens (tertiary/aromatic N) is 7. The number of nitrogens with one attached hydrogen (secondary N) is 1. The fraction of sp³-hybridized carbons (Fsp3) is 0.0417. The van der Waals surface area contributed by atoms with Crippen molar-refractivity contribution in [3.63, 3.8) is 0 Å². The first-order chi connectivity index (χ1) is 16.2. The van der Waals surface area contributed by atoms with Crippen molar-refractivity contribution in [1.29, 1.82) is 5.26 Å². The van der Waals surface area contributed by atoms with Crippen LogP contribution in [0.3, 0.4) is 0 Å². The van der Waals surface area contributed by atoms with E-state index in [1.807, 2.05) is 30.3 Å². The first-order valence-corrected chi connectivity index (χ1v) is 10.2. The molecule has 0 atom stereocenters. The predicted octanol–water partition coefficient (Wildman–Crippen LogP) is 4.22. The van der Waals surface area contributed by atoms with Crippen LogP contribution >= 0.6 is 0 Å². The third kappa shape index (κ3) is 3.21. The molecule has 8 nitrogen and oxygen atoms in total. The molecule has 9 heteroatoms. The van der Waals surface area contributed by atoms with E-state index in [0.717, 1.165) is 28.0 Å². The van der Waals surface area contributed by atoms with Crippen molar-refractivity contribution in [2.24, 2.45) is 0 Å². The number of hydrogen-bond acceptors (Lipinski definition) is 5. The van der Waals surface area contributed by atoms with Gasteiger partial charge >= 0.3 is 0 Å². The predicted molar refractivity (Wildman–Crippen MR) is 120 cm³/mol. The number of pyridine rings is 1. The summed E-state index contributed by atoms with van der Waals surface area (Å²) in [5, 5.41) is 26.2. The zero-order chi connectivity index (χ0) is 22.4. The fourth-order valence-electron chi connectivity index (χ4n) is 3.94. The number of nitriles is 1. The third-order valence-corrected chi connectivity index (χ3v) is 5.59. The van der Waals surface area contributed by atoms with Gasteiger partial charge in [-0.1, -0.05) is 0 Å². The molecule has 6 aromatic rings. The molecule has 158 valence electrons. The number of aromatic nitrogens is 7. The lowest BCUT2D eigenvalue weighted by atomic mass is 10.1. The van der Waals surface area contributed by atoms with Crippen LogP contribution in [0.15, 0.2) is 73.3 Å². The zero-order valence-electron chi connectivity index (χ0n) is 17.1. The molecule has 1 N–H and O–H groups in total. The van der Waals surface area contributed by atoms with E-state index < -0.39 is 0 Å². The minimum Gasteiger partial charge on any atom is -0.278 e. The number of H-pyrrole nitrogens is 1. The number of benzene rings is 2. The molecule has 4 heterocycles. The minimum atomic E-state index is -0.361. The van der Waals surface area contributed by atoms with Crippen molar-refractivity contribution in [3.8, 4) is 23.0 Å². The molecule has 0 aliphatic heterocycles. The standard InChI is InChI=1S/C24H15FN8/c25-21-7-17(23-5-6-29-32(23)14-18-3-1-15(10-26)11-27-18)8-24-20(21)13-30-33(24)19-4-2-16-12-28-31-22(16)9-19/h1-9,11-13H,14H2,(H,28,31). The summed E-state index contributed by atoms with van der Waals surface area (Å²) >= 11 is 0. The van der Waals surface area contributed by atoms with Crippen LogP contribution in [0, 0.1) is 17.1 Å². The van der Waals surface area contributed by atoms with Gasteiger partial charge in [-0.3, -0.25) is 14.8 Å². The van der Waals surface area contributed by atoms with Crippen molar-refractivity contribution >= 4 is 21.8 Å². The lowest BCUT2D eigenvalue weighted by Crippen LogP contribution is -2.05. The molecule has 2 aromatic carbocycles. The SMILES string of the molecule is N#Cc1ccc(Cn2nccc2-c2cc(F)c3cnn(-c4ccc5cn[nH]c5c4)c3c2)nc1. The monoisotopic (exact) mass is 434 g/mol. The molecule has 0 aliphatic carbocycles. The Bertz CT molecular complexity index is 1670. The summed E-state index contributed by atoms with van der Waals surface area (Å²) in [7, 11) is 0. The Kier molecular flexibility index (Phi) is 4.23. The van der Waals surface area contributed by atoms with Gasteiger partial charge < -0.3 is 0 Å². The minimum absolute atomic E-state index is 0.361. The van der Waals surface area contributed by atoms with E-state index in [0.29, 0.717) is 28.6 Å². The molecule has 0 spiro atoms. The Morgan fingerprint density at radius 2 is 1.94 bits per heavy atom. The van der Waals surface area contributed by atoms with Crippen LogP contribution in [0.4, 0.5) is 4.39 Å². The highest BCUT2D eigenvalue weighted by atomic mass is 19.1. The van der Waals surface area contributed by atoms with Crippen molar-refractivity contribution in [1.82, 2.24) is 34.7 Å². The first kappa shape index (κ1) is 18.9. The van der Waals surface area contributed by atoms with E-state index >= 15 is 4.39 Å². The molecular weight excluding hydrogens is 419 g/mol. The maximum atomic E-state index is 15.1. The van der Waals surface area contributed by atoms with Crippen LogP contribution in [0.5, 0.6) is 0 Å². The molecule has 4 aromatic heterocycles. The van der Waals surface area contributed by atoms with E-state index in [2.05, 4.69) is 31.4 Å². The second-order valence-corrected chi connectivity index (χ2v) is 7.61. The number of aromatic amines is 1. The quantitative estimate of drug-likeness (QED) is 0.448. The highest BCUT2D eigenvalue weighted by Gasteiger charge is 2.15. The Morgan fingerprint density at radius 1 is 1.00 bits per heavy atom.